The van der Waals surface area contributed by atoms with Crippen LogP contribution in [0.5, 0.6) is 5.75 Å². The van der Waals surface area contributed by atoms with Gasteiger partial charge in [0.1, 0.15) is 17.7 Å². The Kier molecular flexibility index (Phi) is 21.4. The number of benzene rings is 1. The Morgan fingerprint density at radius 2 is 1.62 bits per heavy atom. The smallest absolute Gasteiger partial charge is 0.314 e. The molecule has 2 N–H and O–H groups in total. The molecule has 238 valence electrons. The normalized spacial score (nSPS) is 17.6. The van der Waals surface area contributed by atoms with Crippen molar-refractivity contribution in [1.29, 1.82) is 0 Å². The van der Waals surface area contributed by atoms with Crippen molar-refractivity contribution in [3.05, 3.63) is 65.1 Å². The fraction of sp³-hybridized carbons (Fsp3) is 0.649. The number of carbonyl (C=O) groups is 1. The molecule has 1 aromatic carbocycles. The first kappa shape index (κ1) is 37.5. The number of allylic oxidation sites excluding steroid dienone is 4. The molecule has 5 heteroatoms. The Morgan fingerprint density at radius 1 is 0.952 bits per heavy atom. The molecule has 0 spiro atoms. The van der Waals surface area contributed by atoms with Gasteiger partial charge in [0.2, 0.25) is 0 Å². The molecule has 2 unspecified atom stereocenters. The van der Waals surface area contributed by atoms with E-state index in [4.69, 9.17) is 9.47 Å². The molecule has 2 aliphatic rings. The summed E-state index contributed by atoms with van der Waals surface area (Å²) in [6.45, 7) is 16.0. The predicted octanol–water partition coefficient (Wildman–Crippen LogP) is 10.3. The third-order valence-electron chi connectivity index (χ3n) is 7.46. The zero-order valence-corrected chi connectivity index (χ0v) is 28.0. The van der Waals surface area contributed by atoms with E-state index in [-0.39, 0.29) is 18.1 Å². The van der Waals surface area contributed by atoms with Crippen LogP contribution >= 0.6 is 0 Å². The van der Waals surface area contributed by atoms with Gasteiger partial charge in [-0.05, 0) is 70.1 Å². The SMILES string of the molecule is CC.CC.CCCCCCCCCCOC1=CNC(c2ccc(OC(=O)C3CC=C(CCC=C(C)C)CC3)cc2)NC1. The van der Waals surface area contributed by atoms with Crippen LogP contribution in [0.4, 0.5) is 0 Å². The van der Waals surface area contributed by atoms with Crippen molar-refractivity contribution in [3.63, 3.8) is 0 Å². The minimum Gasteiger partial charge on any atom is -0.495 e. The molecule has 1 aliphatic carbocycles. The zero-order chi connectivity index (χ0) is 31.0. The summed E-state index contributed by atoms with van der Waals surface area (Å²) in [6.07, 6.45) is 21.8. The molecule has 0 bridgehead atoms. The van der Waals surface area contributed by atoms with Gasteiger partial charge in [0.15, 0.2) is 0 Å². The van der Waals surface area contributed by atoms with Gasteiger partial charge in [-0.3, -0.25) is 10.1 Å². The third-order valence-corrected chi connectivity index (χ3v) is 7.46. The van der Waals surface area contributed by atoms with Gasteiger partial charge >= 0.3 is 5.97 Å². The molecule has 0 aromatic heterocycles. The number of unbranched alkanes of at least 4 members (excludes halogenated alkanes) is 7. The second-order valence-corrected chi connectivity index (χ2v) is 11.1. The molecule has 1 aliphatic heterocycles. The zero-order valence-electron chi connectivity index (χ0n) is 28.0. The van der Waals surface area contributed by atoms with Crippen molar-refractivity contribution in [2.45, 2.75) is 138 Å². The van der Waals surface area contributed by atoms with Crippen LogP contribution in [-0.2, 0) is 9.53 Å². The second kappa shape index (κ2) is 24.0. The number of hydrogen-bond donors (Lipinski definition) is 2. The summed E-state index contributed by atoms with van der Waals surface area (Å²) < 4.78 is 11.6. The fourth-order valence-corrected chi connectivity index (χ4v) is 5.04. The van der Waals surface area contributed by atoms with Gasteiger partial charge in [0, 0.05) is 6.20 Å². The van der Waals surface area contributed by atoms with Crippen molar-refractivity contribution in [3.8, 4) is 5.75 Å². The highest BCUT2D eigenvalue weighted by molar-refractivity contribution is 5.75. The number of nitrogens with one attached hydrogen (secondary N) is 2. The summed E-state index contributed by atoms with van der Waals surface area (Å²) in [6, 6.07) is 7.79. The van der Waals surface area contributed by atoms with E-state index in [0.29, 0.717) is 12.3 Å². The first-order valence-corrected chi connectivity index (χ1v) is 17.0. The molecule has 1 heterocycles. The molecule has 2 atom stereocenters. The first-order chi connectivity index (χ1) is 20.5. The summed E-state index contributed by atoms with van der Waals surface area (Å²) in [5, 5.41) is 6.87. The van der Waals surface area contributed by atoms with Crippen LogP contribution < -0.4 is 15.4 Å². The topological polar surface area (TPSA) is 59.6 Å². The fourth-order valence-electron chi connectivity index (χ4n) is 5.04. The summed E-state index contributed by atoms with van der Waals surface area (Å²) in [4.78, 5) is 12.7. The lowest BCUT2D eigenvalue weighted by Gasteiger charge is -2.26. The number of ether oxygens (including phenoxy) is 2. The lowest BCUT2D eigenvalue weighted by atomic mass is 9.88. The Bertz CT molecular complexity index is 929. The van der Waals surface area contributed by atoms with Gasteiger partial charge in [-0.2, -0.15) is 0 Å². The van der Waals surface area contributed by atoms with E-state index in [1.807, 2.05) is 58.2 Å². The standard InChI is InChI=1S/C33H50N2O3.2C2H6/c1-4-5-6-7-8-9-10-11-23-37-31-24-34-32(35-25-31)28-19-21-30(22-20-28)38-33(36)29-17-15-27(16-18-29)14-12-13-26(2)3;2*1-2/h13,15,19-22,24,29,32,34-35H,4-12,14,16-18,23,25H2,1-3H3;2*1-2H3. The number of carbonyl (C=O) groups excluding carboxylic acids is 1. The lowest BCUT2D eigenvalue weighted by Crippen LogP contribution is -2.37. The predicted molar refractivity (Wildman–Crippen MR) is 179 cm³/mol. The van der Waals surface area contributed by atoms with E-state index in [1.54, 1.807) is 0 Å². The van der Waals surface area contributed by atoms with E-state index in [0.717, 1.165) is 56.5 Å². The van der Waals surface area contributed by atoms with Crippen LogP contribution in [0.15, 0.2) is 59.5 Å². The molecule has 0 amide bonds. The first-order valence-electron chi connectivity index (χ1n) is 17.0. The average Bonchev–Trinajstić information content (AvgIpc) is 3.03. The molecule has 0 saturated heterocycles. The average molecular weight is 583 g/mol. The molecular weight excluding hydrogens is 520 g/mol. The highest BCUT2D eigenvalue weighted by Gasteiger charge is 2.23. The van der Waals surface area contributed by atoms with Gasteiger partial charge in [-0.1, -0.05) is 115 Å². The van der Waals surface area contributed by atoms with Crippen LogP contribution in [0.1, 0.15) is 144 Å². The van der Waals surface area contributed by atoms with Gasteiger partial charge in [0.05, 0.1) is 19.1 Å². The molecule has 0 radical (unpaired) electrons. The quantitative estimate of drug-likeness (QED) is 0.0879. The molecular formula is C37H62N2O3. The van der Waals surface area contributed by atoms with Gasteiger partial charge in [0.25, 0.3) is 0 Å². The third kappa shape index (κ3) is 15.6. The van der Waals surface area contributed by atoms with Crippen LogP contribution in [0.3, 0.4) is 0 Å². The summed E-state index contributed by atoms with van der Waals surface area (Å²) >= 11 is 0. The van der Waals surface area contributed by atoms with E-state index in [2.05, 4.69) is 43.6 Å². The molecule has 3 rings (SSSR count). The van der Waals surface area contributed by atoms with Crippen molar-refractivity contribution in [1.82, 2.24) is 10.6 Å². The maximum atomic E-state index is 12.7. The molecule has 42 heavy (non-hydrogen) atoms. The Balaban J connectivity index is 0.00000211. The summed E-state index contributed by atoms with van der Waals surface area (Å²) in [7, 11) is 0. The van der Waals surface area contributed by atoms with Crippen molar-refractivity contribution in [2.24, 2.45) is 5.92 Å². The van der Waals surface area contributed by atoms with Crippen molar-refractivity contribution in [2.75, 3.05) is 13.2 Å². The van der Waals surface area contributed by atoms with Crippen LogP contribution in [0.2, 0.25) is 0 Å². The van der Waals surface area contributed by atoms with Crippen molar-refractivity contribution >= 4 is 5.97 Å². The Labute approximate surface area is 258 Å². The molecule has 0 fully saturated rings. The lowest BCUT2D eigenvalue weighted by molar-refractivity contribution is -0.139. The van der Waals surface area contributed by atoms with Gasteiger partial charge in [-0.25, -0.2) is 0 Å². The molecule has 5 nitrogen and oxygen atoms in total. The molecule has 0 saturated carbocycles. The highest BCUT2D eigenvalue weighted by atomic mass is 16.5. The largest absolute Gasteiger partial charge is 0.495 e. The Hall–Kier alpha value is -2.53. The minimum atomic E-state index is -0.118. The minimum absolute atomic E-state index is 0.0171. The van der Waals surface area contributed by atoms with Crippen LogP contribution in [0, 0.1) is 5.92 Å². The number of rotatable bonds is 16. The van der Waals surface area contributed by atoms with Gasteiger partial charge < -0.3 is 14.8 Å². The molecule has 1 aromatic rings. The van der Waals surface area contributed by atoms with Crippen molar-refractivity contribution < 1.29 is 14.3 Å². The summed E-state index contributed by atoms with van der Waals surface area (Å²) in [5.41, 5.74) is 3.94. The van der Waals surface area contributed by atoms with Crippen LogP contribution in [0.25, 0.3) is 0 Å². The van der Waals surface area contributed by atoms with Gasteiger partial charge in [-0.15, -0.1) is 0 Å². The Morgan fingerprint density at radius 3 is 2.19 bits per heavy atom. The second-order valence-electron chi connectivity index (χ2n) is 11.1. The van der Waals surface area contributed by atoms with Crippen LogP contribution in [-0.4, -0.2) is 19.1 Å². The van der Waals surface area contributed by atoms with E-state index in [1.165, 1.54) is 56.1 Å². The highest BCUT2D eigenvalue weighted by Crippen LogP contribution is 2.28. The summed E-state index contributed by atoms with van der Waals surface area (Å²) in [5.74, 6) is 1.40. The monoisotopic (exact) mass is 582 g/mol. The van der Waals surface area contributed by atoms with E-state index < -0.39 is 0 Å². The maximum absolute atomic E-state index is 12.7. The van der Waals surface area contributed by atoms with E-state index in [9.17, 15) is 4.79 Å². The number of esters is 1. The van der Waals surface area contributed by atoms with E-state index >= 15 is 0 Å². The number of hydrogen-bond acceptors (Lipinski definition) is 5. The maximum Gasteiger partial charge on any atom is 0.314 e.